The molecule has 1 aliphatic heterocycles. The second-order valence-corrected chi connectivity index (χ2v) is 3.58. The van der Waals surface area contributed by atoms with Gasteiger partial charge in [-0.3, -0.25) is 0 Å². The van der Waals surface area contributed by atoms with Crippen LogP contribution in [0, 0.1) is 5.92 Å². The first-order valence-corrected chi connectivity index (χ1v) is 4.17. The number of hydrogen-bond donors (Lipinski definition) is 2. The summed E-state index contributed by atoms with van der Waals surface area (Å²) in [6.07, 6.45) is 0. The molecule has 2 atom stereocenters. The number of hydrogen-bond acceptors (Lipinski definition) is 2. The highest BCUT2D eigenvalue weighted by Gasteiger charge is 2.19. The summed E-state index contributed by atoms with van der Waals surface area (Å²) >= 11 is 0. The van der Waals surface area contributed by atoms with Crippen molar-refractivity contribution in [2.24, 2.45) is 5.92 Å². The maximum Gasteiger partial charge on any atom is 0.0218 e. The quantitative estimate of drug-likeness (QED) is 0.560. The minimum Gasteiger partial charge on any atom is -0.314 e. The van der Waals surface area contributed by atoms with Gasteiger partial charge >= 0.3 is 0 Å². The summed E-state index contributed by atoms with van der Waals surface area (Å²) in [6, 6.07) is 1.31. The van der Waals surface area contributed by atoms with Crippen LogP contribution in [0.1, 0.15) is 20.8 Å². The molecule has 0 saturated carbocycles. The highest BCUT2D eigenvalue weighted by atomic mass is 15.1. The van der Waals surface area contributed by atoms with Crippen LogP contribution in [0.4, 0.5) is 0 Å². The molecule has 0 unspecified atom stereocenters. The highest BCUT2D eigenvalue weighted by molar-refractivity contribution is 4.82. The molecule has 0 radical (unpaired) electrons. The van der Waals surface area contributed by atoms with E-state index in [1.54, 1.807) is 0 Å². The van der Waals surface area contributed by atoms with E-state index >= 15 is 0 Å². The second kappa shape index (κ2) is 3.35. The van der Waals surface area contributed by atoms with Crippen molar-refractivity contribution < 1.29 is 0 Å². The van der Waals surface area contributed by atoms with Gasteiger partial charge in [0.15, 0.2) is 0 Å². The van der Waals surface area contributed by atoms with Gasteiger partial charge in [-0.2, -0.15) is 0 Å². The predicted octanol–water partition coefficient (Wildman–Crippen LogP) is 0.592. The van der Waals surface area contributed by atoms with Crippen LogP contribution in [0.3, 0.4) is 0 Å². The fraction of sp³-hybridized carbons (Fsp3) is 1.00. The molecule has 1 aliphatic rings. The van der Waals surface area contributed by atoms with Crippen molar-refractivity contribution in [3.05, 3.63) is 0 Å². The van der Waals surface area contributed by atoms with Crippen LogP contribution >= 0.6 is 0 Å². The molecular weight excluding hydrogens is 124 g/mol. The second-order valence-electron chi connectivity index (χ2n) is 3.58. The van der Waals surface area contributed by atoms with Gasteiger partial charge in [0.2, 0.25) is 0 Å². The van der Waals surface area contributed by atoms with Gasteiger partial charge in [-0.25, -0.2) is 0 Å². The predicted molar refractivity (Wildman–Crippen MR) is 44.1 cm³/mol. The lowest BCUT2D eigenvalue weighted by atomic mass is 10.0. The maximum absolute atomic E-state index is 3.55. The Hall–Kier alpha value is -0.0800. The van der Waals surface area contributed by atoms with Crippen molar-refractivity contribution in [2.75, 3.05) is 13.1 Å². The molecule has 2 nitrogen and oxygen atoms in total. The first kappa shape index (κ1) is 8.02. The van der Waals surface area contributed by atoms with Crippen LogP contribution in [-0.2, 0) is 0 Å². The minimum atomic E-state index is 0.640. The normalized spacial score (nSPS) is 34.8. The van der Waals surface area contributed by atoms with Gasteiger partial charge in [0.05, 0.1) is 0 Å². The molecule has 0 spiro atoms. The van der Waals surface area contributed by atoms with Gasteiger partial charge < -0.3 is 10.6 Å². The van der Waals surface area contributed by atoms with E-state index in [1.165, 1.54) is 0 Å². The average Bonchev–Trinajstić information content (AvgIpc) is 1.88. The van der Waals surface area contributed by atoms with E-state index in [0.717, 1.165) is 19.0 Å². The van der Waals surface area contributed by atoms with Crippen molar-refractivity contribution in [2.45, 2.75) is 32.9 Å². The number of piperazine rings is 1. The van der Waals surface area contributed by atoms with Crippen LogP contribution in [0.2, 0.25) is 0 Å². The standard InChI is InChI=1S/C8H18N2/c1-6(2)8-5-9-4-7(3)10-8/h6-10H,4-5H2,1-3H3/t7-,8+/m1/s1. The molecular formula is C8H18N2. The third-order valence-corrected chi connectivity index (χ3v) is 2.12. The van der Waals surface area contributed by atoms with Crippen molar-refractivity contribution in [1.82, 2.24) is 10.6 Å². The minimum absolute atomic E-state index is 0.640. The van der Waals surface area contributed by atoms with E-state index in [0.29, 0.717) is 12.1 Å². The Morgan fingerprint density at radius 3 is 2.40 bits per heavy atom. The molecule has 1 rings (SSSR count). The van der Waals surface area contributed by atoms with E-state index in [1.807, 2.05) is 0 Å². The lowest BCUT2D eigenvalue weighted by molar-refractivity contribution is 0.296. The topological polar surface area (TPSA) is 24.1 Å². The highest BCUT2D eigenvalue weighted by Crippen LogP contribution is 2.04. The summed E-state index contributed by atoms with van der Waals surface area (Å²) in [5.74, 6) is 0.746. The van der Waals surface area contributed by atoms with Gasteiger partial charge in [-0.1, -0.05) is 13.8 Å². The van der Waals surface area contributed by atoms with Crippen LogP contribution in [0.15, 0.2) is 0 Å². The zero-order valence-electron chi connectivity index (χ0n) is 7.15. The lowest BCUT2D eigenvalue weighted by Gasteiger charge is -2.32. The third-order valence-electron chi connectivity index (χ3n) is 2.12. The van der Waals surface area contributed by atoms with Crippen molar-refractivity contribution in [3.63, 3.8) is 0 Å². The summed E-state index contributed by atoms with van der Waals surface area (Å²) in [6.45, 7) is 8.99. The molecule has 2 N–H and O–H groups in total. The first-order chi connectivity index (χ1) is 4.70. The van der Waals surface area contributed by atoms with Crippen molar-refractivity contribution >= 4 is 0 Å². The smallest absolute Gasteiger partial charge is 0.0218 e. The molecule has 0 aromatic heterocycles. The van der Waals surface area contributed by atoms with Crippen molar-refractivity contribution in [3.8, 4) is 0 Å². The first-order valence-electron chi connectivity index (χ1n) is 4.17. The molecule has 1 heterocycles. The Bertz CT molecular complexity index is 101. The van der Waals surface area contributed by atoms with Crippen LogP contribution in [-0.4, -0.2) is 25.2 Å². The zero-order chi connectivity index (χ0) is 7.56. The Labute approximate surface area is 63.4 Å². The van der Waals surface area contributed by atoms with Crippen LogP contribution < -0.4 is 10.6 Å². The van der Waals surface area contributed by atoms with Gasteiger partial charge in [-0.05, 0) is 12.8 Å². The van der Waals surface area contributed by atoms with Gasteiger partial charge in [-0.15, -0.1) is 0 Å². The third kappa shape index (κ3) is 1.96. The molecule has 2 heteroatoms. The molecule has 0 amide bonds. The summed E-state index contributed by atoms with van der Waals surface area (Å²) < 4.78 is 0. The van der Waals surface area contributed by atoms with Gasteiger partial charge in [0.1, 0.15) is 0 Å². The molecule has 0 bridgehead atoms. The van der Waals surface area contributed by atoms with Crippen molar-refractivity contribution in [1.29, 1.82) is 0 Å². The van der Waals surface area contributed by atoms with Gasteiger partial charge in [0, 0.05) is 25.2 Å². The van der Waals surface area contributed by atoms with E-state index in [-0.39, 0.29) is 0 Å². The average molecular weight is 142 g/mol. The van der Waals surface area contributed by atoms with Gasteiger partial charge in [0.25, 0.3) is 0 Å². The lowest BCUT2D eigenvalue weighted by Crippen LogP contribution is -2.55. The van der Waals surface area contributed by atoms with E-state index < -0.39 is 0 Å². The fourth-order valence-electron chi connectivity index (χ4n) is 1.37. The SMILES string of the molecule is CC(C)[C@@H]1CNC[C@@H](C)N1. The molecule has 1 saturated heterocycles. The van der Waals surface area contributed by atoms with Crippen LogP contribution in [0.25, 0.3) is 0 Å². The number of nitrogens with one attached hydrogen (secondary N) is 2. The van der Waals surface area contributed by atoms with E-state index in [2.05, 4.69) is 31.4 Å². The molecule has 10 heavy (non-hydrogen) atoms. The number of rotatable bonds is 1. The molecule has 0 aromatic rings. The summed E-state index contributed by atoms with van der Waals surface area (Å²) in [4.78, 5) is 0. The summed E-state index contributed by atoms with van der Waals surface area (Å²) in [7, 11) is 0. The molecule has 60 valence electrons. The Balaban J connectivity index is 2.32. The fourth-order valence-corrected chi connectivity index (χ4v) is 1.37. The van der Waals surface area contributed by atoms with E-state index in [4.69, 9.17) is 0 Å². The molecule has 0 aliphatic carbocycles. The summed E-state index contributed by atoms with van der Waals surface area (Å²) in [5.41, 5.74) is 0. The molecule has 1 fully saturated rings. The summed E-state index contributed by atoms with van der Waals surface area (Å²) in [5, 5.41) is 6.96. The van der Waals surface area contributed by atoms with E-state index in [9.17, 15) is 0 Å². The Kier molecular flexibility index (Phi) is 2.69. The molecule has 0 aromatic carbocycles. The zero-order valence-corrected chi connectivity index (χ0v) is 7.15. The largest absolute Gasteiger partial charge is 0.314 e. The van der Waals surface area contributed by atoms with Crippen LogP contribution in [0.5, 0.6) is 0 Å². The Morgan fingerprint density at radius 2 is 2.00 bits per heavy atom. The monoisotopic (exact) mass is 142 g/mol. The maximum atomic E-state index is 3.55. The Morgan fingerprint density at radius 1 is 1.30 bits per heavy atom.